The summed E-state index contributed by atoms with van der Waals surface area (Å²) in [5, 5.41) is 3.92. The normalized spacial score (nSPS) is 18.7. The summed E-state index contributed by atoms with van der Waals surface area (Å²) in [5.41, 5.74) is 3.69. The van der Waals surface area contributed by atoms with Crippen LogP contribution in [0.15, 0.2) is 48.5 Å². The molecule has 0 saturated carbocycles. The van der Waals surface area contributed by atoms with Crippen LogP contribution in [0.1, 0.15) is 29.5 Å². The van der Waals surface area contributed by atoms with Crippen molar-refractivity contribution in [3.63, 3.8) is 0 Å². The Bertz CT molecular complexity index is 844. The van der Waals surface area contributed by atoms with Gasteiger partial charge in [0.2, 0.25) is 5.91 Å². The molecule has 2 heterocycles. The molecule has 2 saturated heterocycles. The number of ether oxygens (including phenoxy) is 1. The Morgan fingerprint density at radius 2 is 1.55 bits per heavy atom. The molecule has 31 heavy (non-hydrogen) atoms. The Morgan fingerprint density at radius 3 is 2.26 bits per heavy atom. The van der Waals surface area contributed by atoms with Gasteiger partial charge < -0.3 is 10.1 Å². The molecule has 5 nitrogen and oxygen atoms in total. The predicted octanol–water partition coefficient (Wildman–Crippen LogP) is 3.70. The second-order valence-electron chi connectivity index (χ2n) is 8.60. The Hall–Kier alpha value is -1.92. The van der Waals surface area contributed by atoms with E-state index in [0.717, 1.165) is 75.9 Å². The molecule has 0 aliphatic carbocycles. The highest BCUT2D eigenvalue weighted by Gasteiger charge is 2.24. The van der Waals surface area contributed by atoms with E-state index in [1.54, 1.807) is 0 Å². The number of carbonyl (C=O) groups is 1. The quantitative estimate of drug-likeness (QED) is 0.711. The number of halogens is 1. The van der Waals surface area contributed by atoms with Crippen LogP contribution in [0, 0.1) is 5.92 Å². The highest BCUT2D eigenvalue weighted by Crippen LogP contribution is 2.20. The Kier molecular flexibility index (Phi) is 7.97. The molecule has 2 aromatic carbocycles. The van der Waals surface area contributed by atoms with Gasteiger partial charge in [-0.2, -0.15) is 0 Å². The molecule has 0 aromatic heterocycles. The van der Waals surface area contributed by atoms with Crippen LogP contribution < -0.4 is 5.32 Å². The third-order valence-electron chi connectivity index (χ3n) is 6.25. The zero-order valence-corrected chi connectivity index (χ0v) is 18.8. The molecule has 166 valence electrons. The summed E-state index contributed by atoms with van der Waals surface area (Å²) in [5.74, 6) is 0.288. The van der Waals surface area contributed by atoms with Crippen molar-refractivity contribution in [1.29, 1.82) is 0 Å². The lowest BCUT2D eigenvalue weighted by atomic mass is 9.95. The van der Waals surface area contributed by atoms with Crippen LogP contribution in [0.3, 0.4) is 0 Å². The van der Waals surface area contributed by atoms with Crippen LogP contribution in [-0.2, 0) is 29.2 Å². The summed E-state index contributed by atoms with van der Waals surface area (Å²) >= 11 is 6.09. The fourth-order valence-electron chi connectivity index (χ4n) is 4.36. The zero-order chi connectivity index (χ0) is 21.5. The fourth-order valence-corrected chi connectivity index (χ4v) is 4.57. The highest BCUT2D eigenvalue weighted by molar-refractivity contribution is 6.30. The molecular weight excluding hydrogens is 410 g/mol. The van der Waals surface area contributed by atoms with Crippen molar-refractivity contribution in [2.24, 2.45) is 5.92 Å². The van der Waals surface area contributed by atoms with E-state index in [4.69, 9.17) is 16.3 Å². The topological polar surface area (TPSA) is 44.8 Å². The maximum Gasteiger partial charge on any atom is 0.223 e. The first-order chi connectivity index (χ1) is 15.2. The third-order valence-corrected chi connectivity index (χ3v) is 6.49. The summed E-state index contributed by atoms with van der Waals surface area (Å²) in [4.78, 5) is 17.5. The maximum atomic E-state index is 12.6. The predicted molar refractivity (Wildman–Crippen MR) is 124 cm³/mol. The molecule has 0 atom stereocenters. The second kappa shape index (κ2) is 11.1. The van der Waals surface area contributed by atoms with Gasteiger partial charge >= 0.3 is 0 Å². The number of hydrogen-bond acceptors (Lipinski definition) is 4. The average Bonchev–Trinajstić information content (AvgIpc) is 2.80. The number of carbonyl (C=O) groups excluding carboxylic acids is 1. The molecule has 0 bridgehead atoms. The van der Waals surface area contributed by atoms with Crippen molar-refractivity contribution in [3.05, 3.63) is 70.2 Å². The van der Waals surface area contributed by atoms with E-state index in [2.05, 4.69) is 45.4 Å². The molecule has 0 unspecified atom stereocenters. The largest absolute Gasteiger partial charge is 0.379 e. The zero-order valence-electron chi connectivity index (χ0n) is 18.1. The van der Waals surface area contributed by atoms with Gasteiger partial charge in [-0.05, 0) is 54.8 Å². The highest BCUT2D eigenvalue weighted by atomic mass is 35.5. The van der Waals surface area contributed by atoms with E-state index in [9.17, 15) is 4.79 Å². The van der Waals surface area contributed by atoms with Crippen LogP contribution >= 0.6 is 11.6 Å². The molecular formula is C25H32ClN3O2. The summed E-state index contributed by atoms with van der Waals surface area (Å²) in [6.45, 7) is 7.98. The Balaban J connectivity index is 1.18. The lowest BCUT2D eigenvalue weighted by Crippen LogP contribution is -2.40. The number of hydrogen-bond donors (Lipinski definition) is 1. The van der Waals surface area contributed by atoms with Crippen molar-refractivity contribution in [2.75, 3.05) is 39.4 Å². The molecule has 1 N–H and O–H groups in total. The summed E-state index contributed by atoms with van der Waals surface area (Å²) in [7, 11) is 0. The van der Waals surface area contributed by atoms with E-state index in [0.29, 0.717) is 6.54 Å². The molecule has 2 aliphatic rings. The molecule has 4 rings (SSSR count). The number of morpholine rings is 1. The van der Waals surface area contributed by atoms with Crippen LogP contribution in [0.5, 0.6) is 0 Å². The Morgan fingerprint density at radius 1 is 0.903 bits per heavy atom. The van der Waals surface area contributed by atoms with Crippen LogP contribution in [0.25, 0.3) is 0 Å². The summed E-state index contributed by atoms with van der Waals surface area (Å²) < 4.78 is 5.41. The van der Waals surface area contributed by atoms with Gasteiger partial charge in [-0.1, -0.05) is 48.0 Å². The van der Waals surface area contributed by atoms with Gasteiger partial charge in [0.25, 0.3) is 0 Å². The molecule has 0 spiro atoms. The van der Waals surface area contributed by atoms with E-state index < -0.39 is 0 Å². The third kappa shape index (κ3) is 6.78. The first-order valence-electron chi connectivity index (χ1n) is 11.3. The maximum absolute atomic E-state index is 12.6. The molecule has 2 aromatic rings. The van der Waals surface area contributed by atoms with E-state index in [-0.39, 0.29) is 11.8 Å². The van der Waals surface area contributed by atoms with Crippen molar-refractivity contribution >= 4 is 17.5 Å². The van der Waals surface area contributed by atoms with E-state index >= 15 is 0 Å². The van der Waals surface area contributed by atoms with Gasteiger partial charge in [0.15, 0.2) is 0 Å². The van der Waals surface area contributed by atoms with E-state index in [1.807, 2.05) is 18.2 Å². The van der Waals surface area contributed by atoms with Gasteiger partial charge in [-0.3, -0.25) is 14.6 Å². The van der Waals surface area contributed by atoms with E-state index in [1.165, 1.54) is 11.1 Å². The number of likely N-dealkylation sites (tertiary alicyclic amines) is 1. The van der Waals surface area contributed by atoms with Crippen LogP contribution in [-0.4, -0.2) is 55.1 Å². The minimum absolute atomic E-state index is 0.108. The second-order valence-corrected chi connectivity index (χ2v) is 9.04. The standard InChI is InChI=1S/C25H32ClN3O2/c26-24-3-1-2-22(16-24)19-28-10-8-23(9-11-28)25(30)27-17-20-4-6-21(7-5-20)18-29-12-14-31-15-13-29/h1-7,16,23H,8-15,17-19H2,(H,27,30). The Labute approximate surface area is 190 Å². The molecule has 2 fully saturated rings. The molecule has 6 heteroatoms. The van der Waals surface area contributed by atoms with Gasteiger partial charge in [-0.25, -0.2) is 0 Å². The number of piperidine rings is 1. The summed E-state index contributed by atoms with van der Waals surface area (Å²) in [6, 6.07) is 16.6. The number of nitrogens with one attached hydrogen (secondary N) is 1. The minimum atomic E-state index is 0.108. The average molecular weight is 442 g/mol. The van der Waals surface area contributed by atoms with Crippen molar-refractivity contribution in [1.82, 2.24) is 15.1 Å². The van der Waals surface area contributed by atoms with Gasteiger partial charge in [0.1, 0.15) is 0 Å². The minimum Gasteiger partial charge on any atom is -0.379 e. The first-order valence-corrected chi connectivity index (χ1v) is 11.7. The molecule has 2 aliphatic heterocycles. The molecule has 0 radical (unpaired) electrons. The first kappa shape index (κ1) is 22.3. The summed E-state index contributed by atoms with van der Waals surface area (Å²) in [6.07, 6.45) is 1.82. The SMILES string of the molecule is O=C(NCc1ccc(CN2CCOCC2)cc1)C1CCN(Cc2cccc(Cl)c2)CC1. The number of nitrogens with zero attached hydrogens (tertiary/aromatic N) is 2. The lowest BCUT2D eigenvalue weighted by molar-refractivity contribution is -0.126. The van der Waals surface area contributed by atoms with Crippen LogP contribution in [0.2, 0.25) is 5.02 Å². The number of amides is 1. The van der Waals surface area contributed by atoms with Gasteiger partial charge in [-0.15, -0.1) is 0 Å². The number of rotatable bonds is 7. The van der Waals surface area contributed by atoms with Crippen molar-refractivity contribution in [3.8, 4) is 0 Å². The van der Waals surface area contributed by atoms with Crippen molar-refractivity contribution < 1.29 is 9.53 Å². The van der Waals surface area contributed by atoms with Crippen LogP contribution in [0.4, 0.5) is 0 Å². The molecule has 1 amide bonds. The number of benzene rings is 2. The fraction of sp³-hybridized carbons (Fsp3) is 0.480. The van der Waals surface area contributed by atoms with Crippen molar-refractivity contribution in [2.45, 2.75) is 32.5 Å². The lowest BCUT2D eigenvalue weighted by Gasteiger charge is -2.31. The van der Waals surface area contributed by atoms with Gasteiger partial charge in [0, 0.05) is 43.7 Å². The monoisotopic (exact) mass is 441 g/mol. The smallest absolute Gasteiger partial charge is 0.223 e. The van der Waals surface area contributed by atoms with Gasteiger partial charge in [0.05, 0.1) is 13.2 Å².